The Morgan fingerprint density at radius 3 is 2.69 bits per heavy atom. The second-order valence-corrected chi connectivity index (χ2v) is 5.45. The van der Waals surface area contributed by atoms with Crippen LogP contribution in [0, 0.1) is 0 Å². The first-order chi connectivity index (χ1) is 7.47. The van der Waals surface area contributed by atoms with Crippen molar-refractivity contribution in [3.63, 3.8) is 0 Å². The number of aromatic nitrogens is 2. The van der Waals surface area contributed by atoms with Crippen molar-refractivity contribution in [2.45, 2.75) is 51.6 Å². The van der Waals surface area contributed by atoms with Gasteiger partial charge in [-0.2, -0.15) is 5.10 Å². The van der Waals surface area contributed by atoms with E-state index in [2.05, 4.69) is 10.4 Å². The van der Waals surface area contributed by atoms with E-state index in [1.807, 2.05) is 25.5 Å². The van der Waals surface area contributed by atoms with Crippen LogP contribution in [0.1, 0.15) is 56.6 Å². The van der Waals surface area contributed by atoms with Crippen LogP contribution in [-0.2, 0) is 0 Å². The van der Waals surface area contributed by atoms with Crippen molar-refractivity contribution >= 4 is 5.91 Å². The summed E-state index contributed by atoms with van der Waals surface area (Å²) in [5.41, 5.74) is 0.478. The number of hydrogen-bond donors (Lipinski definition) is 1. The molecule has 0 spiro atoms. The van der Waals surface area contributed by atoms with E-state index >= 15 is 0 Å². The summed E-state index contributed by atoms with van der Waals surface area (Å²) in [6.07, 6.45) is 5.22. The van der Waals surface area contributed by atoms with Gasteiger partial charge in [0.1, 0.15) is 5.69 Å². The summed E-state index contributed by atoms with van der Waals surface area (Å²) in [4.78, 5) is 12.0. The summed E-state index contributed by atoms with van der Waals surface area (Å²) in [7, 11) is 0. The number of carbonyl (C=O) groups is 1. The Kier molecular flexibility index (Phi) is 2.74. The zero-order valence-corrected chi connectivity index (χ0v) is 10.2. The molecule has 0 aliphatic heterocycles. The second kappa shape index (κ2) is 3.92. The summed E-state index contributed by atoms with van der Waals surface area (Å²) in [5.74, 6) is -0.0306. The van der Waals surface area contributed by atoms with E-state index in [0.717, 1.165) is 12.8 Å². The lowest BCUT2D eigenvalue weighted by molar-refractivity contribution is 0.0901. The first kappa shape index (κ1) is 11.2. The largest absolute Gasteiger partial charge is 0.346 e. The molecule has 1 fully saturated rings. The molecule has 4 nitrogen and oxygen atoms in total. The maximum absolute atomic E-state index is 12.0. The van der Waals surface area contributed by atoms with Gasteiger partial charge in [-0.05, 0) is 46.1 Å². The smallest absolute Gasteiger partial charge is 0.269 e. The molecule has 16 heavy (non-hydrogen) atoms. The Morgan fingerprint density at radius 1 is 1.50 bits per heavy atom. The van der Waals surface area contributed by atoms with Crippen LogP contribution in [0.2, 0.25) is 0 Å². The first-order valence-electron chi connectivity index (χ1n) is 5.83. The molecule has 88 valence electrons. The summed E-state index contributed by atoms with van der Waals surface area (Å²) >= 11 is 0. The SMILES string of the molecule is CC(C)(C)NC(=O)c1ccnn1C1CCC1. The van der Waals surface area contributed by atoms with Gasteiger partial charge in [0, 0.05) is 11.7 Å². The number of nitrogens with zero attached hydrogens (tertiary/aromatic N) is 2. The van der Waals surface area contributed by atoms with Crippen LogP contribution in [0.5, 0.6) is 0 Å². The summed E-state index contributed by atoms with van der Waals surface area (Å²) in [6.45, 7) is 5.94. The van der Waals surface area contributed by atoms with Gasteiger partial charge in [-0.25, -0.2) is 0 Å². The molecule has 1 aromatic rings. The van der Waals surface area contributed by atoms with Crippen molar-refractivity contribution in [1.29, 1.82) is 0 Å². The van der Waals surface area contributed by atoms with Crippen LogP contribution in [0.3, 0.4) is 0 Å². The predicted octanol–water partition coefficient (Wildman–Crippen LogP) is 2.14. The monoisotopic (exact) mass is 221 g/mol. The zero-order valence-electron chi connectivity index (χ0n) is 10.2. The van der Waals surface area contributed by atoms with Gasteiger partial charge in [0.25, 0.3) is 5.91 Å². The Balaban J connectivity index is 2.14. The van der Waals surface area contributed by atoms with Crippen molar-refractivity contribution in [2.75, 3.05) is 0 Å². The highest BCUT2D eigenvalue weighted by Crippen LogP contribution is 2.31. The lowest BCUT2D eigenvalue weighted by Gasteiger charge is -2.28. The summed E-state index contributed by atoms with van der Waals surface area (Å²) in [6, 6.07) is 2.22. The molecule has 0 bridgehead atoms. The minimum atomic E-state index is -0.203. The Morgan fingerprint density at radius 2 is 2.19 bits per heavy atom. The molecule has 4 heteroatoms. The molecule has 0 atom stereocenters. The molecule has 1 amide bonds. The highest BCUT2D eigenvalue weighted by Gasteiger charge is 2.25. The van der Waals surface area contributed by atoms with Gasteiger partial charge in [-0.3, -0.25) is 9.48 Å². The number of carbonyl (C=O) groups excluding carboxylic acids is 1. The Labute approximate surface area is 96.0 Å². The quantitative estimate of drug-likeness (QED) is 0.831. The van der Waals surface area contributed by atoms with Crippen LogP contribution in [0.4, 0.5) is 0 Å². The van der Waals surface area contributed by atoms with Gasteiger partial charge < -0.3 is 5.32 Å². The minimum Gasteiger partial charge on any atom is -0.346 e. The van der Waals surface area contributed by atoms with Crippen molar-refractivity contribution in [2.24, 2.45) is 0 Å². The maximum Gasteiger partial charge on any atom is 0.269 e. The van der Waals surface area contributed by atoms with E-state index < -0.39 is 0 Å². The van der Waals surface area contributed by atoms with Crippen LogP contribution in [0.25, 0.3) is 0 Å². The van der Waals surface area contributed by atoms with E-state index in [-0.39, 0.29) is 11.4 Å². The number of hydrogen-bond acceptors (Lipinski definition) is 2. The van der Waals surface area contributed by atoms with Gasteiger partial charge in [0.2, 0.25) is 0 Å². The third-order valence-electron chi connectivity index (χ3n) is 2.81. The van der Waals surface area contributed by atoms with Gasteiger partial charge in [0.15, 0.2) is 0 Å². The molecule has 0 radical (unpaired) electrons. The molecule has 0 unspecified atom stereocenters. The average Bonchev–Trinajstić information content (AvgIpc) is 2.45. The van der Waals surface area contributed by atoms with Crippen molar-refractivity contribution in [3.05, 3.63) is 18.0 Å². The lowest BCUT2D eigenvalue weighted by atomic mass is 9.93. The van der Waals surface area contributed by atoms with E-state index in [0.29, 0.717) is 11.7 Å². The molecule has 1 N–H and O–H groups in total. The summed E-state index contributed by atoms with van der Waals surface area (Å²) in [5, 5.41) is 7.21. The standard InChI is InChI=1S/C12H19N3O/c1-12(2,3)14-11(16)10-7-8-13-15(10)9-5-4-6-9/h7-9H,4-6H2,1-3H3,(H,14,16). The van der Waals surface area contributed by atoms with Crippen LogP contribution in [0.15, 0.2) is 12.3 Å². The molecule has 0 aromatic carbocycles. The maximum atomic E-state index is 12.0. The molecule has 0 saturated heterocycles. The molecule has 1 saturated carbocycles. The number of rotatable bonds is 2. The lowest BCUT2D eigenvalue weighted by Crippen LogP contribution is -2.42. The Hall–Kier alpha value is -1.32. The number of nitrogens with one attached hydrogen (secondary N) is 1. The van der Waals surface area contributed by atoms with Gasteiger partial charge in [-0.1, -0.05) is 0 Å². The van der Waals surface area contributed by atoms with Gasteiger partial charge >= 0.3 is 0 Å². The third kappa shape index (κ3) is 2.26. The fraction of sp³-hybridized carbons (Fsp3) is 0.667. The van der Waals surface area contributed by atoms with E-state index in [9.17, 15) is 4.79 Å². The van der Waals surface area contributed by atoms with Crippen LogP contribution >= 0.6 is 0 Å². The zero-order chi connectivity index (χ0) is 11.8. The number of amides is 1. The van der Waals surface area contributed by atoms with Crippen LogP contribution < -0.4 is 5.32 Å². The van der Waals surface area contributed by atoms with Crippen molar-refractivity contribution < 1.29 is 4.79 Å². The van der Waals surface area contributed by atoms with E-state index in [1.54, 1.807) is 12.3 Å². The van der Waals surface area contributed by atoms with Crippen LogP contribution in [-0.4, -0.2) is 21.2 Å². The van der Waals surface area contributed by atoms with Gasteiger partial charge in [0.05, 0.1) is 6.04 Å². The molecule has 1 aliphatic carbocycles. The molecular formula is C12H19N3O. The first-order valence-corrected chi connectivity index (χ1v) is 5.83. The van der Waals surface area contributed by atoms with E-state index in [4.69, 9.17) is 0 Å². The fourth-order valence-electron chi connectivity index (χ4n) is 1.82. The molecule has 2 rings (SSSR count). The Bertz CT molecular complexity index is 385. The molecule has 1 aromatic heterocycles. The highest BCUT2D eigenvalue weighted by atomic mass is 16.2. The highest BCUT2D eigenvalue weighted by molar-refractivity contribution is 5.93. The normalized spacial score (nSPS) is 16.9. The predicted molar refractivity (Wildman–Crippen MR) is 62.3 cm³/mol. The second-order valence-electron chi connectivity index (χ2n) is 5.45. The molecule has 1 heterocycles. The molecular weight excluding hydrogens is 202 g/mol. The average molecular weight is 221 g/mol. The van der Waals surface area contributed by atoms with E-state index in [1.165, 1.54) is 6.42 Å². The summed E-state index contributed by atoms with van der Waals surface area (Å²) < 4.78 is 1.87. The third-order valence-corrected chi connectivity index (χ3v) is 2.81. The van der Waals surface area contributed by atoms with Crippen molar-refractivity contribution in [1.82, 2.24) is 15.1 Å². The minimum absolute atomic E-state index is 0.0306. The van der Waals surface area contributed by atoms with Crippen molar-refractivity contribution in [3.8, 4) is 0 Å². The topological polar surface area (TPSA) is 46.9 Å². The fourth-order valence-corrected chi connectivity index (χ4v) is 1.82. The molecule has 1 aliphatic rings. The van der Waals surface area contributed by atoms with Gasteiger partial charge in [-0.15, -0.1) is 0 Å².